The van der Waals surface area contributed by atoms with Gasteiger partial charge >= 0.3 is 0 Å². The number of rotatable bonds is 2. The number of nitrogens with zero attached hydrogens (tertiary/aromatic N) is 4. The summed E-state index contributed by atoms with van der Waals surface area (Å²) in [5.41, 5.74) is -0.869. The van der Waals surface area contributed by atoms with E-state index in [1.165, 1.54) is 6.33 Å². The van der Waals surface area contributed by atoms with Crippen LogP contribution in [0.25, 0.3) is 0 Å². The van der Waals surface area contributed by atoms with E-state index in [2.05, 4.69) is 15.4 Å². The first kappa shape index (κ1) is 12.5. The zero-order valence-corrected chi connectivity index (χ0v) is 10.8. The molecule has 98 valence electrons. The van der Waals surface area contributed by atoms with E-state index in [1.54, 1.807) is 30.5 Å². The molecule has 0 bridgehead atoms. The Balaban J connectivity index is 2.19. The fraction of sp³-hybridized carbons (Fsp3) is 0.636. The van der Waals surface area contributed by atoms with Crippen LogP contribution in [-0.4, -0.2) is 43.6 Å². The summed E-state index contributed by atoms with van der Waals surface area (Å²) in [5, 5.41) is 6.69. The number of aromatic nitrogens is 3. The van der Waals surface area contributed by atoms with Crippen LogP contribution in [0.15, 0.2) is 6.33 Å². The maximum Gasteiger partial charge on any atom is 0.248 e. The smallest absolute Gasteiger partial charge is 0.248 e. The molecule has 0 saturated carbocycles. The lowest BCUT2D eigenvalue weighted by Crippen LogP contribution is -2.52. The van der Waals surface area contributed by atoms with E-state index < -0.39 is 5.54 Å². The summed E-state index contributed by atoms with van der Waals surface area (Å²) in [4.78, 5) is 29.6. The van der Waals surface area contributed by atoms with Crippen LogP contribution < -0.4 is 5.32 Å². The largest absolute Gasteiger partial charge is 0.342 e. The van der Waals surface area contributed by atoms with E-state index in [1.807, 2.05) is 0 Å². The average molecular weight is 251 g/mol. The van der Waals surface area contributed by atoms with Gasteiger partial charge in [0.2, 0.25) is 11.8 Å². The Kier molecular flexibility index (Phi) is 3.06. The summed E-state index contributed by atoms with van der Waals surface area (Å²) in [6.07, 6.45) is 1.76. The lowest BCUT2D eigenvalue weighted by Gasteiger charge is -2.28. The van der Waals surface area contributed by atoms with Crippen LogP contribution in [0.5, 0.6) is 0 Å². The van der Waals surface area contributed by atoms with Crippen molar-refractivity contribution in [3.63, 3.8) is 0 Å². The Morgan fingerprint density at radius 3 is 2.78 bits per heavy atom. The number of hydrogen-bond acceptors (Lipinski definition) is 4. The van der Waals surface area contributed by atoms with Crippen molar-refractivity contribution in [2.45, 2.75) is 32.4 Å². The third-order valence-corrected chi connectivity index (χ3v) is 3.02. The normalized spacial score (nSPS) is 19.6. The monoisotopic (exact) mass is 251 g/mol. The van der Waals surface area contributed by atoms with E-state index in [4.69, 9.17) is 0 Å². The number of carbonyl (C=O) groups excluding carboxylic acids is 2. The third kappa shape index (κ3) is 2.34. The van der Waals surface area contributed by atoms with Crippen molar-refractivity contribution < 1.29 is 9.59 Å². The molecule has 18 heavy (non-hydrogen) atoms. The molecular weight excluding hydrogens is 234 g/mol. The lowest BCUT2D eigenvalue weighted by atomic mass is 10.0. The van der Waals surface area contributed by atoms with Gasteiger partial charge in [-0.1, -0.05) is 0 Å². The number of amides is 2. The molecule has 0 aliphatic carbocycles. The van der Waals surface area contributed by atoms with Crippen molar-refractivity contribution in [2.75, 3.05) is 6.54 Å². The molecule has 1 aromatic heterocycles. The zero-order valence-electron chi connectivity index (χ0n) is 10.8. The molecule has 7 nitrogen and oxygen atoms in total. The van der Waals surface area contributed by atoms with Gasteiger partial charge < -0.3 is 10.2 Å². The molecule has 0 radical (unpaired) electrons. The number of nitrogens with one attached hydrogen (secondary N) is 1. The van der Waals surface area contributed by atoms with Crippen molar-refractivity contribution in [3.05, 3.63) is 12.2 Å². The summed E-state index contributed by atoms with van der Waals surface area (Å²) < 4.78 is 1.63. The first-order valence-electron chi connectivity index (χ1n) is 5.83. The Bertz CT molecular complexity index is 480. The molecule has 1 aromatic rings. The molecule has 0 aromatic carbocycles. The van der Waals surface area contributed by atoms with Gasteiger partial charge in [0.15, 0.2) is 0 Å². The van der Waals surface area contributed by atoms with Crippen LogP contribution >= 0.6 is 0 Å². The molecule has 0 atom stereocenters. The topological polar surface area (TPSA) is 80.1 Å². The minimum absolute atomic E-state index is 0.101. The molecule has 1 aliphatic rings. The second-order valence-corrected chi connectivity index (χ2v) is 4.95. The molecule has 1 aliphatic heterocycles. The van der Waals surface area contributed by atoms with Crippen molar-refractivity contribution in [1.29, 1.82) is 0 Å². The summed E-state index contributed by atoms with van der Waals surface area (Å²) in [6, 6.07) is 0. The predicted molar refractivity (Wildman–Crippen MR) is 63.3 cm³/mol. The SMILES string of the molecule is Cn1ncnc1CN1CCC(=O)NC(C)(C)C1=O. The van der Waals surface area contributed by atoms with Crippen LogP contribution in [0.4, 0.5) is 0 Å². The second-order valence-electron chi connectivity index (χ2n) is 4.95. The highest BCUT2D eigenvalue weighted by molar-refractivity contribution is 5.92. The van der Waals surface area contributed by atoms with Crippen molar-refractivity contribution in [2.24, 2.45) is 7.05 Å². The number of carbonyl (C=O) groups is 2. The Labute approximate surface area is 105 Å². The zero-order chi connectivity index (χ0) is 13.3. The van der Waals surface area contributed by atoms with Crippen LogP contribution in [0.1, 0.15) is 26.1 Å². The molecule has 2 rings (SSSR count). The molecule has 0 unspecified atom stereocenters. The standard InChI is InChI=1S/C11H17N5O2/c1-11(2)10(18)16(5-4-9(17)14-11)6-8-12-7-13-15(8)3/h7H,4-6H2,1-3H3,(H,14,17). The van der Waals surface area contributed by atoms with Crippen LogP contribution in [-0.2, 0) is 23.2 Å². The van der Waals surface area contributed by atoms with Gasteiger partial charge in [-0.3, -0.25) is 14.3 Å². The van der Waals surface area contributed by atoms with Crippen molar-refractivity contribution >= 4 is 11.8 Å². The quantitative estimate of drug-likeness (QED) is 0.764. The molecule has 2 amide bonds. The van der Waals surface area contributed by atoms with Gasteiger partial charge in [-0.05, 0) is 13.8 Å². The van der Waals surface area contributed by atoms with E-state index in [0.717, 1.165) is 0 Å². The number of hydrogen-bond donors (Lipinski definition) is 1. The van der Waals surface area contributed by atoms with Gasteiger partial charge in [-0.25, -0.2) is 4.98 Å². The van der Waals surface area contributed by atoms with Crippen molar-refractivity contribution in [3.8, 4) is 0 Å². The van der Waals surface area contributed by atoms with Gasteiger partial charge in [0, 0.05) is 20.0 Å². The van der Waals surface area contributed by atoms with E-state index in [9.17, 15) is 9.59 Å². The summed E-state index contributed by atoms with van der Waals surface area (Å²) in [5.74, 6) is 0.499. The molecule has 7 heteroatoms. The Morgan fingerprint density at radius 1 is 1.44 bits per heavy atom. The van der Waals surface area contributed by atoms with Gasteiger partial charge in [0.05, 0.1) is 6.54 Å². The van der Waals surface area contributed by atoms with E-state index in [0.29, 0.717) is 25.3 Å². The van der Waals surface area contributed by atoms with Crippen LogP contribution in [0.2, 0.25) is 0 Å². The second kappa shape index (κ2) is 4.40. The Hall–Kier alpha value is -1.92. The molecule has 1 fully saturated rings. The fourth-order valence-electron chi connectivity index (χ4n) is 1.98. The average Bonchev–Trinajstić information content (AvgIpc) is 2.64. The third-order valence-electron chi connectivity index (χ3n) is 3.02. The molecule has 2 heterocycles. The maximum atomic E-state index is 12.3. The Morgan fingerprint density at radius 2 is 2.17 bits per heavy atom. The van der Waals surface area contributed by atoms with E-state index >= 15 is 0 Å². The first-order valence-corrected chi connectivity index (χ1v) is 5.83. The summed E-state index contributed by atoms with van der Waals surface area (Å²) >= 11 is 0. The highest BCUT2D eigenvalue weighted by Crippen LogP contribution is 2.15. The fourth-order valence-corrected chi connectivity index (χ4v) is 1.98. The summed E-state index contributed by atoms with van der Waals surface area (Å²) in [7, 11) is 1.78. The maximum absolute atomic E-state index is 12.3. The highest BCUT2D eigenvalue weighted by Gasteiger charge is 2.36. The minimum atomic E-state index is -0.869. The van der Waals surface area contributed by atoms with Crippen molar-refractivity contribution in [1.82, 2.24) is 25.0 Å². The highest BCUT2D eigenvalue weighted by atomic mass is 16.2. The van der Waals surface area contributed by atoms with Gasteiger partial charge in [-0.2, -0.15) is 5.10 Å². The van der Waals surface area contributed by atoms with E-state index in [-0.39, 0.29) is 11.8 Å². The molecule has 1 N–H and O–H groups in total. The first-order chi connectivity index (χ1) is 8.40. The molecular formula is C11H17N5O2. The summed E-state index contributed by atoms with van der Waals surface area (Å²) in [6.45, 7) is 4.19. The minimum Gasteiger partial charge on any atom is -0.342 e. The van der Waals surface area contributed by atoms with Crippen LogP contribution in [0.3, 0.4) is 0 Å². The lowest BCUT2D eigenvalue weighted by molar-refractivity contribution is -0.138. The predicted octanol–water partition coefficient (Wildman–Crippen LogP) is -0.558. The molecule has 0 spiro atoms. The van der Waals surface area contributed by atoms with Gasteiger partial charge in [0.1, 0.15) is 17.7 Å². The van der Waals surface area contributed by atoms with Gasteiger partial charge in [0.25, 0.3) is 0 Å². The number of aryl methyl sites for hydroxylation is 1. The van der Waals surface area contributed by atoms with Crippen LogP contribution in [0, 0.1) is 0 Å². The van der Waals surface area contributed by atoms with Gasteiger partial charge in [-0.15, -0.1) is 0 Å². The molecule has 1 saturated heterocycles.